The molecule has 8 nitrogen and oxygen atoms in total. The van der Waals surface area contributed by atoms with Gasteiger partial charge in [-0.05, 0) is 113 Å². The van der Waals surface area contributed by atoms with Crippen molar-refractivity contribution in [2.75, 3.05) is 0 Å². The van der Waals surface area contributed by atoms with E-state index in [1.807, 2.05) is 12.2 Å². The van der Waals surface area contributed by atoms with Crippen LogP contribution in [-0.2, 0) is 9.59 Å². The van der Waals surface area contributed by atoms with Gasteiger partial charge in [0.2, 0.25) is 0 Å². The van der Waals surface area contributed by atoms with E-state index < -0.39 is 24.1 Å². The topological polar surface area (TPSA) is 161 Å². The molecule has 0 aromatic heterocycles. The van der Waals surface area contributed by atoms with E-state index in [4.69, 9.17) is 0 Å². The second kappa shape index (κ2) is 23.9. The number of fused-ring (bicyclic) bond motifs is 2. The molecule has 0 aromatic carbocycles. The summed E-state index contributed by atoms with van der Waals surface area (Å²) in [6.07, 6.45) is 27.6. The van der Waals surface area contributed by atoms with Gasteiger partial charge in [0.15, 0.2) is 0 Å². The van der Waals surface area contributed by atoms with Gasteiger partial charge in [-0.1, -0.05) is 114 Å². The molecule has 4 aliphatic rings. The van der Waals surface area contributed by atoms with E-state index in [1.165, 1.54) is 11.1 Å². The standard InChI is InChI=1S/2C22H36O4.Ca/c2*1-3-4-5-9-17(23)11-12-18-19-13-16(8-6-7-10-21(25)26)14-22(19,2)15-20(18)24;/h2*8,11-12,17-20,23-24H,3-7,9-10,13-15H2,1-2H3,(H,25,26);/q;;+2/p-2/b12-11?,16-8+;12-11+,16-8-;/t2*17-,18+,19+,20+,22-;/m00./s1. The molecule has 0 bridgehead atoms. The molecular formula is C44H70CaO8. The van der Waals surface area contributed by atoms with Crippen LogP contribution in [0, 0.1) is 34.5 Å². The summed E-state index contributed by atoms with van der Waals surface area (Å²) in [6, 6.07) is 0. The summed E-state index contributed by atoms with van der Waals surface area (Å²) in [5, 5.41) is 62.3. The molecule has 4 fully saturated rings. The summed E-state index contributed by atoms with van der Waals surface area (Å²) in [6.45, 7) is 8.83. The normalized spacial score (nSPS) is 33.2. The SMILES string of the molecule is CCCCC[C@H](O)/C=C/[C@H]1[C@H](O)C[C@]2(C)C/C(=C\CCCC(=O)[O-])C[C@H]12.CCCCC[C@H](O)C=C[C@H]1[C@H](O)C[C@]2(C)C/C(=C/CCCC(=O)[O-])C[C@H]12.[Ca+2]. The summed E-state index contributed by atoms with van der Waals surface area (Å²) in [5.41, 5.74) is 3.01. The van der Waals surface area contributed by atoms with E-state index >= 15 is 0 Å². The summed E-state index contributed by atoms with van der Waals surface area (Å²) in [5.74, 6) is -0.938. The van der Waals surface area contributed by atoms with Crippen molar-refractivity contribution in [1.29, 1.82) is 0 Å². The molecule has 0 unspecified atom stereocenters. The van der Waals surface area contributed by atoms with Crippen molar-refractivity contribution < 1.29 is 40.2 Å². The molecule has 4 saturated carbocycles. The van der Waals surface area contributed by atoms with E-state index in [0.717, 1.165) is 103 Å². The fourth-order valence-corrected chi connectivity index (χ4v) is 9.77. The molecule has 0 aliphatic heterocycles. The summed E-state index contributed by atoms with van der Waals surface area (Å²) in [7, 11) is 0. The first-order valence-electron chi connectivity index (χ1n) is 20.6. The zero-order valence-corrected chi connectivity index (χ0v) is 35.6. The molecule has 0 heterocycles. The van der Waals surface area contributed by atoms with Crippen LogP contribution in [0.5, 0.6) is 0 Å². The van der Waals surface area contributed by atoms with Crippen molar-refractivity contribution in [3.05, 3.63) is 47.6 Å². The first-order chi connectivity index (χ1) is 24.7. The van der Waals surface area contributed by atoms with Crippen LogP contribution in [0.25, 0.3) is 0 Å². The Morgan fingerprint density at radius 2 is 1.08 bits per heavy atom. The van der Waals surface area contributed by atoms with Crippen LogP contribution in [-0.4, -0.2) is 94.5 Å². The van der Waals surface area contributed by atoms with Gasteiger partial charge in [-0.3, -0.25) is 0 Å². The third kappa shape index (κ3) is 15.5. The van der Waals surface area contributed by atoms with E-state index in [1.54, 1.807) is 0 Å². The first-order valence-corrected chi connectivity index (χ1v) is 20.6. The average Bonchev–Trinajstić information content (AvgIpc) is 3.71. The minimum Gasteiger partial charge on any atom is -0.550 e. The van der Waals surface area contributed by atoms with E-state index in [2.05, 4.69) is 52.0 Å². The smallest absolute Gasteiger partial charge is 0.550 e. The predicted molar refractivity (Wildman–Crippen MR) is 208 cm³/mol. The Labute approximate surface area is 350 Å². The average molecular weight is 767 g/mol. The first kappa shape index (κ1) is 48.1. The van der Waals surface area contributed by atoms with Crippen molar-refractivity contribution in [2.45, 2.75) is 181 Å². The molecule has 0 aromatic rings. The number of aliphatic carboxylic acids is 2. The number of carbonyl (C=O) groups is 2. The minimum atomic E-state index is -0.982. The fraction of sp³-hybridized carbons (Fsp3) is 0.773. The predicted octanol–water partition coefficient (Wildman–Crippen LogP) is 5.87. The Bertz CT molecular complexity index is 1150. The summed E-state index contributed by atoms with van der Waals surface area (Å²) >= 11 is 0. The maximum Gasteiger partial charge on any atom is 2.00 e. The number of hydrogen-bond donors (Lipinski definition) is 4. The van der Waals surface area contributed by atoms with Crippen molar-refractivity contribution in [2.24, 2.45) is 34.5 Å². The number of carbonyl (C=O) groups excluding carboxylic acids is 2. The number of hydrogen-bond acceptors (Lipinski definition) is 8. The molecular weight excluding hydrogens is 697 g/mol. The van der Waals surface area contributed by atoms with Gasteiger partial charge in [0.1, 0.15) is 0 Å². The molecule has 10 atom stereocenters. The minimum absolute atomic E-state index is 0. The maximum absolute atomic E-state index is 10.5. The van der Waals surface area contributed by atoms with Crippen LogP contribution in [0.1, 0.15) is 156 Å². The van der Waals surface area contributed by atoms with Gasteiger partial charge >= 0.3 is 37.7 Å². The van der Waals surface area contributed by atoms with Crippen molar-refractivity contribution >= 4 is 49.7 Å². The molecule has 4 N–H and O–H groups in total. The monoisotopic (exact) mass is 766 g/mol. The third-order valence-electron chi connectivity index (χ3n) is 12.5. The number of carboxylic acid groups (broad SMARTS) is 2. The zero-order chi connectivity index (χ0) is 38.3. The van der Waals surface area contributed by atoms with Crippen LogP contribution in [0.3, 0.4) is 0 Å². The Balaban J connectivity index is 0.000000360. The van der Waals surface area contributed by atoms with Gasteiger partial charge in [0.25, 0.3) is 0 Å². The number of rotatable bonds is 20. The Kier molecular flexibility index (Phi) is 21.7. The fourth-order valence-electron chi connectivity index (χ4n) is 9.77. The molecule has 0 radical (unpaired) electrons. The molecule has 0 amide bonds. The van der Waals surface area contributed by atoms with Crippen molar-refractivity contribution in [3.8, 4) is 0 Å². The molecule has 4 rings (SSSR count). The van der Waals surface area contributed by atoms with Crippen molar-refractivity contribution in [1.82, 2.24) is 0 Å². The quantitative estimate of drug-likeness (QED) is 0.0680. The van der Waals surface area contributed by atoms with Crippen LogP contribution in [0.4, 0.5) is 0 Å². The molecule has 0 spiro atoms. The second-order valence-corrected chi connectivity index (χ2v) is 17.1. The van der Waals surface area contributed by atoms with Gasteiger partial charge in [0.05, 0.1) is 24.4 Å². The van der Waals surface area contributed by atoms with Gasteiger partial charge in [0, 0.05) is 23.8 Å². The van der Waals surface area contributed by atoms with Gasteiger partial charge in [-0.15, -0.1) is 0 Å². The van der Waals surface area contributed by atoms with Gasteiger partial charge < -0.3 is 40.2 Å². The number of aliphatic hydroxyl groups is 4. The molecule has 9 heteroatoms. The van der Waals surface area contributed by atoms with Gasteiger partial charge in [-0.25, -0.2) is 0 Å². The number of aliphatic hydroxyl groups excluding tert-OH is 4. The van der Waals surface area contributed by atoms with Crippen LogP contribution in [0.15, 0.2) is 47.6 Å². The zero-order valence-electron chi connectivity index (χ0n) is 33.4. The van der Waals surface area contributed by atoms with Crippen LogP contribution < -0.4 is 10.2 Å². The number of unbranched alkanes of at least 4 members (excludes halogenated alkanes) is 6. The summed E-state index contributed by atoms with van der Waals surface area (Å²) < 4.78 is 0. The van der Waals surface area contributed by atoms with Gasteiger partial charge in [-0.2, -0.15) is 0 Å². The van der Waals surface area contributed by atoms with Crippen LogP contribution in [0.2, 0.25) is 0 Å². The maximum atomic E-state index is 10.5. The van der Waals surface area contributed by atoms with E-state index in [0.29, 0.717) is 24.7 Å². The summed E-state index contributed by atoms with van der Waals surface area (Å²) in [4.78, 5) is 21.0. The van der Waals surface area contributed by atoms with Crippen molar-refractivity contribution in [3.63, 3.8) is 0 Å². The Morgan fingerprint density at radius 3 is 1.42 bits per heavy atom. The van der Waals surface area contributed by atoms with E-state index in [-0.39, 0.29) is 85.5 Å². The number of allylic oxidation sites excluding steroid dienone is 4. The van der Waals surface area contributed by atoms with Crippen LogP contribution >= 0.6 is 0 Å². The Hall–Kier alpha value is -1.00. The molecule has 4 aliphatic carbocycles. The van der Waals surface area contributed by atoms with E-state index in [9.17, 15) is 40.2 Å². The second-order valence-electron chi connectivity index (χ2n) is 17.1. The molecule has 0 saturated heterocycles. The molecule has 53 heavy (non-hydrogen) atoms. The largest absolute Gasteiger partial charge is 2.00 e. The third-order valence-corrected chi connectivity index (χ3v) is 12.5. The number of carboxylic acids is 2. The molecule has 296 valence electrons. The Morgan fingerprint density at radius 1 is 0.698 bits per heavy atom.